The van der Waals surface area contributed by atoms with Gasteiger partial charge in [-0.1, -0.05) is 13.8 Å². The third kappa shape index (κ3) is 4.92. The lowest BCUT2D eigenvalue weighted by atomic mass is 9.84. The zero-order valence-electron chi connectivity index (χ0n) is 14.6. The third-order valence-electron chi connectivity index (χ3n) is 3.95. The van der Waals surface area contributed by atoms with Gasteiger partial charge in [0.1, 0.15) is 5.69 Å². The number of nitrogens with zero attached hydrogens (tertiary/aromatic N) is 2. The molecule has 23 heavy (non-hydrogen) atoms. The number of nitrogens with one attached hydrogen (secondary N) is 2. The van der Waals surface area contributed by atoms with Crippen molar-refractivity contribution in [1.29, 1.82) is 0 Å². The molecule has 0 aliphatic rings. The van der Waals surface area contributed by atoms with Crippen molar-refractivity contribution in [2.45, 2.75) is 26.8 Å². The van der Waals surface area contributed by atoms with E-state index in [0.29, 0.717) is 5.69 Å². The topological polar surface area (TPSA) is 87.5 Å². The fraction of sp³-hybridized carbons (Fsp3) is 0.562. The quantitative estimate of drug-likeness (QED) is 0.594. The van der Waals surface area contributed by atoms with Gasteiger partial charge in [-0.25, -0.2) is 0 Å². The molecule has 1 aromatic carbocycles. The van der Waals surface area contributed by atoms with Gasteiger partial charge in [-0.2, -0.15) is 0 Å². The Kier molecular flexibility index (Phi) is 6.09. The second kappa shape index (κ2) is 7.41. The molecule has 1 aromatic rings. The fourth-order valence-electron chi connectivity index (χ4n) is 2.47. The number of nitro benzene ring substituents is 1. The summed E-state index contributed by atoms with van der Waals surface area (Å²) in [6.07, 6.45) is 0. The van der Waals surface area contributed by atoms with Crippen LogP contribution in [0.4, 0.5) is 11.4 Å². The summed E-state index contributed by atoms with van der Waals surface area (Å²) in [7, 11) is 5.48. The SMILES string of the molecule is CNC(=O)c1ccc(N[C@H](C)C(C)(C)CN(C)C)c([N+](=O)[O-])c1. The molecule has 2 N–H and O–H groups in total. The molecule has 7 nitrogen and oxygen atoms in total. The van der Waals surface area contributed by atoms with Crippen molar-refractivity contribution < 1.29 is 9.72 Å². The fourth-order valence-corrected chi connectivity index (χ4v) is 2.47. The molecule has 0 fully saturated rings. The van der Waals surface area contributed by atoms with Crippen LogP contribution in [0.15, 0.2) is 18.2 Å². The van der Waals surface area contributed by atoms with Crippen molar-refractivity contribution in [3.63, 3.8) is 0 Å². The van der Waals surface area contributed by atoms with Crippen LogP contribution in [0.2, 0.25) is 0 Å². The smallest absolute Gasteiger partial charge is 0.293 e. The van der Waals surface area contributed by atoms with Gasteiger partial charge in [0.2, 0.25) is 0 Å². The highest BCUT2D eigenvalue weighted by Gasteiger charge is 2.28. The van der Waals surface area contributed by atoms with Gasteiger partial charge in [-0.3, -0.25) is 14.9 Å². The Hall–Kier alpha value is -2.15. The van der Waals surface area contributed by atoms with E-state index in [1.54, 1.807) is 12.1 Å². The second-order valence-electron chi connectivity index (χ2n) is 6.66. The molecule has 0 bridgehead atoms. The van der Waals surface area contributed by atoms with Crippen molar-refractivity contribution >= 4 is 17.3 Å². The van der Waals surface area contributed by atoms with Gasteiger partial charge in [0, 0.05) is 31.3 Å². The Morgan fingerprint density at radius 2 is 2.00 bits per heavy atom. The highest BCUT2D eigenvalue weighted by Crippen LogP contribution is 2.30. The summed E-state index contributed by atoms with van der Waals surface area (Å²) < 4.78 is 0. The Labute approximate surface area is 137 Å². The molecule has 0 radical (unpaired) electrons. The number of anilines is 1. The molecule has 0 aliphatic carbocycles. The molecular formula is C16H26N4O3. The lowest BCUT2D eigenvalue weighted by Crippen LogP contribution is -2.41. The van der Waals surface area contributed by atoms with Crippen LogP contribution in [0.1, 0.15) is 31.1 Å². The number of hydrogen-bond donors (Lipinski definition) is 2. The van der Waals surface area contributed by atoms with Crippen LogP contribution >= 0.6 is 0 Å². The highest BCUT2D eigenvalue weighted by molar-refractivity contribution is 5.95. The highest BCUT2D eigenvalue weighted by atomic mass is 16.6. The van der Waals surface area contributed by atoms with Crippen LogP contribution in [-0.2, 0) is 0 Å². The standard InChI is InChI=1S/C16H26N4O3/c1-11(16(2,3)10-19(5)6)18-13-8-7-12(15(21)17-4)9-14(13)20(22)23/h7-9,11,18H,10H2,1-6H3,(H,17,21)/t11-/m1/s1. The Morgan fingerprint density at radius 1 is 1.39 bits per heavy atom. The van der Waals surface area contributed by atoms with Gasteiger partial charge in [-0.15, -0.1) is 0 Å². The lowest BCUT2D eigenvalue weighted by molar-refractivity contribution is -0.384. The number of amides is 1. The van der Waals surface area contributed by atoms with Gasteiger partial charge in [0.25, 0.3) is 11.6 Å². The van der Waals surface area contributed by atoms with E-state index in [1.165, 1.54) is 13.1 Å². The van der Waals surface area contributed by atoms with E-state index in [0.717, 1.165) is 6.54 Å². The van der Waals surface area contributed by atoms with E-state index in [1.807, 2.05) is 21.0 Å². The van der Waals surface area contributed by atoms with Crippen molar-refractivity contribution in [3.8, 4) is 0 Å². The average molecular weight is 322 g/mol. The van der Waals surface area contributed by atoms with Crippen molar-refractivity contribution in [2.24, 2.45) is 5.41 Å². The van der Waals surface area contributed by atoms with E-state index in [4.69, 9.17) is 0 Å². The van der Waals surface area contributed by atoms with Crippen LogP contribution in [0.5, 0.6) is 0 Å². The number of benzene rings is 1. The molecule has 0 saturated carbocycles. The van der Waals surface area contributed by atoms with Crippen LogP contribution < -0.4 is 10.6 Å². The van der Waals surface area contributed by atoms with Crippen LogP contribution in [0.3, 0.4) is 0 Å². The summed E-state index contributed by atoms with van der Waals surface area (Å²) in [5.41, 5.74) is 0.502. The first kappa shape index (κ1) is 18.9. The molecular weight excluding hydrogens is 296 g/mol. The van der Waals surface area contributed by atoms with Gasteiger partial charge < -0.3 is 15.5 Å². The zero-order valence-corrected chi connectivity index (χ0v) is 14.6. The molecule has 7 heteroatoms. The number of carbonyl (C=O) groups excluding carboxylic acids is 1. The summed E-state index contributed by atoms with van der Waals surface area (Å²) in [4.78, 5) is 24.6. The Balaban J connectivity index is 3.08. The molecule has 1 rings (SSSR count). The minimum absolute atomic E-state index is 0.00875. The summed E-state index contributed by atoms with van der Waals surface area (Å²) >= 11 is 0. The maximum Gasteiger partial charge on any atom is 0.293 e. The molecule has 0 spiro atoms. The Morgan fingerprint density at radius 3 is 2.48 bits per heavy atom. The van der Waals surface area contributed by atoms with E-state index in [2.05, 4.69) is 29.4 Å². The van der Waals surface area contributed by atoms with Gasteiger partial charge in [0.05, 0.1) is 4.92 Å². The van der Waals surface area contributed by atoms with Crippen molar-refractivity contribution in [2.75, 3.05) is 33.0 Å². The maximum atomic E-state index is 11.6. The number of nitro groups is 1. The van der Waals surface area contributed by atoms with Crippen molar-refractivity contribution in [3.05, 3.63) is 33.9 Å². The van der Waals surface area contributed by atoms with Crippen molar-refractivity contribution in [1.82, 2.24) is 10.2 Å². The van der Waals surface area contributed by atoms with Gasteiger partial charge in [-0.05, 0) is 38.6 Å². The van der Waals surface area contributed by atoms with E-state index < -0.39 is 4.92 Å². The predicted molar refractivity (Wildman–Crippen MR) is 91.9 cm³/mol. The molecule has 0 aliphatic heterocycles. The monoisotopic (exact) mass is 322 g/mol. The second-order valence-corrected chi connectivity index (χ2v) is 6.66. The van der Waals surface area contributed by atoms with E-state index in [-0.39, 0.29) is 28.6 Å². The molecule has 0 heterocycles. The molecule has 0 aromatic heterocycles. The minimum atomic E-state index is -0.472. The van der Waals surface area contributed by atoms with E-state index in [9.17, 15) is 14.9 Å². The van der Waals surface area contributed by atoms with Gasteiger partial charge in [0.15, 0.2) is 0 Å². The first-order valence-corrected chi connectivity index (χ1v) is 7.50. The maximum absolute atomic E-state index is 11.6. The van der Waals surface area contributed by atoms with Crippen LogP contribution in [0, 0.1) is 15.5 Å². The molecule has 1 atom stereocenters. The summed E-state index contributed by atoms with van der Waals surface area (Å²) in [6, 6.07) is 4.48. The minimum Gasteiger partial charge on any atom is -0.376 e. The molecule has 1 amide bonds. The predicted octanol–water partition coefficient (Wildman–Crippen LogP) is 2.34. The van der Waals surface area contributed by atoms with E-state index >= 15 is 0 Å². The molecule has 0 unspecified atom stereocenters. The first-order valence-electron chi connectivity index (χ1n) is 7.50. The number of rotatable bonds is 7. The normalized spacial score (nSPS) is 12.8. The Bertz CT molecular complexity index is 585. The summed E-state index contributed by atoms with van der Waals surface area (Å²) in [6.45, 7) is 7.05. The largest absolute Gasteiger partial charge is 0.376 e. The third-order valence-corrected chi connectivity index (χ3v) is 3.95. The van der Waals surface area contributed by atoms with Crippen LogP contribution in [-0.4, -0.2) is 49.5 Å². The number of carbonyl (C=O) groups is 1. The summed E-state index contributed by atoms with van der Waals surface area (Å²) in [5, 5.41) is 17.0. The first-order chi connectivity index (χ1) is 10.6. The van der Waals surface area contributed by atoms with Crippen LogP contribution in [0.25, 0.3) is 0 Å². The lowest BCUT2D eigenvalue weighted by Gasteiger charge is -2.35. The molecule has 0 saturated heterocycles. The molecule has 128 valence electrons. The van der Waals surface area contributed by atoms with Gasteiger partial charge >= 0.3 is 0 Å². The summed E-state index contributed by atoms with van der Waals surface area (Å²) in [5.74, 6) is -0.347. The average Bonchev–Trinajstić information content (AvgIpc) is 2.45. The number of hydrogen-bond acceptors (Lipinski definition) is 5. The zero-order chi connectivity index (χ0) is 17.8.